The minimum Gasteiger partial charge on any atom is -0.406 e. The van der Waals surface area contributed by atoms with Gasteiger partial charge in [0.25, 0.3) is 0 Å². The van der Waals surface area contributed by atoms with Crippen LogP contribution in [0.2, 0.25) is 0 Å². The SMILES string of the molecule is CON=C(C)c1cccc(OC(F)(F)F)c1. The zero-order valence-electron chi connectivity index (χ0n) is 8.71. The summed E-state index contributed by atoms with van der Waals surface area (Å²) in [5, 5.41) is 3.61. The lowest BCUT2D eigenvalue weighted by atomic mass is 10.1. The Hall–Kier alpha value is -1.72. The molecule has 6 heteroatoms. The highest BCUT2D eigenvalue weighted by molar-refractivity contribution is 5.98. The minimum absolute atomic E-state index is 0.282. The second-order valence-electron chi connectivity index (χ2n) is 2.93. The fourth-order valence-corrected chi connectivity index (χ4v) is 1.11. The number of alkyl halides is 3. The Balaban J connectivity index is 2.91. The van der Waals surface area contributed by atoms with Gasteiger partial charge in [-0.2, -0.15) is 0 Å². The van der Waals surface area contributed by atoms with Crippen LogP contribution in [-0.2, 0) is 4.84 Å². The molecule has 1 aromatic rings. The lowest BCUT2D eigenvalue weighted by Gasteiger charge is -2.09. The molecule has 0 fully saturated rings. The van der Waals surface area contributed by atoms with Crippen LogP contribution < -0.4 is 4.74 Å². The maximum Gasteiger partial charge on any atom is 0.573 e. The van der Waals surface area contributed by atoms with E-state index >= 15 is 0 Å². The maximum atomic E-state index is 11.9. The van der Waals surface area contributed by atoms with Crippen molar-refractivity contribution in [3.05, 3.63) is 29.8 Å². The van der Waals surface area contributed by atoms with Gasteiger partial charge in [0.05, 0.1) is 5.71 Å². The summed E-state index contributed by atoms with van der Waals surface area (Å²) in [6, 6.07) is 5.52. The van der Waals surface area contributed by atoms with Crippen molar-refractivity contribution in [2.24, 2.45) is 5.16 Å². The Kier molecular flexibility index (Phi) is 3.76. The van der Waals surface area contributed by atoms with E-state index in [1.54, 1.807) is 13.0 Å². The van der Waals surface area contributed by atoms with Gasteiger partial charge in [-0.25, -0.2) is 0 Å². The third kappa shape index (κ3) is 3.80. The van der Waals surface area contributed by atoms with Gasteiger partial charge in [-0.05, 0) is 19.1 Å². The van der Waals surface area contributed by atoms with Crippen LogP contribution in [0.3, 0.4) is 0 Å². The van der Waals surface area contributed by atoms with Gasteiger partial charge in [-0.1, -0.05) is 17.3 Å². The molecule has 0 aromatic heterocycles. The molecule has 0 radical (unpaired) electrons. The maximum absolute atomic E-state index is 11.9. The number of nitrogens with zero attached hydrogens (tertiary/aromatic N) is 1. The number of rotatable bonds is 3. The van der Waals surface area contributed by atoms with Crippen LogP contribution in [-0.4, -0.2) is 19.2 Å². The van der Waals surface area contributed by atoms with Gasteiger partial charge >= 0.3 is 6.36 Å². The van der Waals surface area contributed by atoms with Crippen molar-refractivity contribution in [2.45, 2.75) is 13.3 Å². The molecule has 0 saturated carbocycles. The van der Waals surface area contributed by atoms with E-state index in [2.05, 4.69) is 14.7 Å². The number of hydrogen-bond acceptors (Lipinski definition) is 3. The smallest absolute Gasteiger partial charge is 0.406 e. The lowest BCUT2D eigenvalue weighted by Crippen LogP contribution is -2.17. The molecular formula is C10H10F3NO2. The summed E-state index contributed by atoms with van der Waals surface area (Å²) in [5.41, 5.74) is 0.971. The fraction of sp³-hybridized carbons (Fsp3) is 0.300. The molecule has 0 spiro atoms. The predicted octanol–water partition coefficient (Wildman–Crippen LogP) is 2.96. The van der Waals surface area contributed by atoms with Crippen molar-refractivity contribution in [1.29, 1.82) is 0 Å². The van der Waals surface area contributed by atoms with Crippen molar-refractivity contribution in [2.75, 3.05) is 7.11 Å². The molecule has 0 bridgehead atoms. The number of halogens is 3. The molecule has 1 rings (SSSR count). The summed E-state index contributed by atoms with van der Waals surface area (Å²) < 4.78 is 39.6. The van der Waals surface area contributed by atoms with Crippen molar-refractivity contribution < 1.29 is 22.7 Å². The Morgan fingerprint density at radius 3 is 2.56 bits per heavy atom. The molecule has 0 aliphatic rings. The first-order valence-electron chi connectivity index (χ1n) is 4.36. The van der Waals surface area contributed by atoms with Gasteiger partial charge in [-0.15, -0.1) is 13.2 Å². The van der Waals surface area contributed by atoms with Gasteiger partial charge in [0.1, 0.15) is 12.9 Å². The van der Waals surface area contributed by atoms with Crippen LogP contribution in [0, 0.1) is 0 Å². The van der Waals surface area contributed by atoms with E-state index in [1.807, 2.05) is 0 Å². The Bertz CT molecular complexity index is 388. The van der Waals surface area contributed by atoms with Crippen molar-refractivity contribution in [3.8, 4) is 5.75 Å². The van der Waals surface area contributed by atoms with Crippen LogP contribution in [0.15, 0.2) is 29.4 Å². The lowest BCUT2D eigenvalue weighted by molar-refractivity contribution is -0.274. The van der Waals surface area contributed by atoms with Crippen LogP contribution in [0.4, 0.5) is 13.2 Å². The molecule has 0 heterocycles. The molecule has 0 aliphatic carbocycles. The van der Waals surface area contributed by atoms with Crippen molar-refractivity contribution >= 4 is 5.71 Å². The number of benzene rings is 1. The van der Waals surface area contributed by atoms with Crippen LogP contribution >= 0.6 is 0 Å². The fourth-order valence-electron chi connectivity index (χ4n) is 1.11. The van der Waals surface area contributed by atoms with Gasteiger partial charge in [0.2, 0.25) is 0 Å². The van der Waals surface area contributed by atoms with E-state index in [0.29, 0.717) is 11.3 Å². The van der Waals surface area contributed by atoms with Gasteiger partial charge < -0.3 is 9.57 Å². The summed E-state index contributed by atoms with van der Waals surface area (Å²) in [6.45, 7) is 1.62. The van der Waals surface area contributed by atoms with Crippen molar-refractivity contribution in [3.63, 3.8) is 0 Å². The molecule has 1 aromatic carbocycles. The zero-order chi connectivity index (χ0) is 12.2. The monoisotopic (exact) mass is 233 g/mol. The van der Waals surface area contributed by atoms with Crippen molar-refractivity contribution in [1.82, 2.24) is 0 Å². The van der Waals surface area contributed by atoms with Crippen LogP contribution in [0.1, 0.15) is 12.5 Å². The average molecular weight is 233 g/mol. The molecule has 0 amide bonds. The summed E-state index contributed by atoms with van der Waals surface area (Å²) in [7, 11) is 1.36. The Labute approximate surface area is 90.5 Å². The topological polar surface area (TPSA) is 30.8 Å². The quantitative estimate of drug-likeness (QED) is 0.593. The third-order valence-corrected chi connectivity index (χ3v) is 1.71. The first-order valence-corrected chi connectivity index (χ1v) is 4.36. The first-order chi connectivity index (χ1) is 7.42. The van der Waals surface area contributed by atoms with E-state index in [0.717, 1.165) is 0 Å². The standard InChI is InChI=1S/C10H10F3NO2/c1-7(14-15-2)8-4-3-5-9(6-8)16-10(11,12)13/h3-6H,1-2H3. The van der Waals surface area contributed by atoms with E-state index in [4.69, 9.17) is 0 Å². The summed E-state index contributed by atoms with van der Waals surface area (Å²) >= 11 is 0. The molecule has 3 nitrogen and oxygen atoms in total. The Morgan fingerprint density at radius 2 is 2.00 bits per heavy atom. The van der Waals surface area contributed by atoms with E-state index in [1.165, 1.54) is 25.3 Å². The van der Waals surface area contributed by atoms with Gasteiger partial charge in [0.15, 0.2) is 0 Å². The molecule has 0 unspecified atom stereocenters. The van der Waals surface area contributed by atoms with Gasteiger partial charge in [0, 0.05) is 5.56 Å². The largest absolute Gasteiger partial charge is 0.573 e. The third-order valence-electron chi connectivity index (χ3n) is 1.71. The van der Waals surface area contributed by atoms with E-state index < -0.39 is 6.36 Å². The van der Waals surface area contributed by atoms with E-state index in [-0.39, 0.29) is 5.75 Å². The summed E-state index contributed by atoms with van der Waals surface area (Å²) in [5.74, 6) is -0.282. The van der Waals surface area contributed by atoms with E-state index in [9.17, 15) is 13.2 Å². The summed E-state index contributed by atoms with van der Waals surface area (Å²) in [6.07, 6.45) is -4.69. The number of oxime groups is 1. The van der Waals surface area contributed by atoms with Crippen LogP contribution in [0.25, 0.3) is 0 Å². The normalized spacial score (nSPS) is 12.4. The molecule has 0 aliphatic heterocycles. The molecular weight excluding hydrogens is 223 g/mol. The number of hydrogen-bond donors (Lipinski definition) is 0. The minimum atomic E-state index is -4.69. The van der Waals surface area contributed by atoms with Gasteiger partial charge in [-0.3, -0.25) is 0 Å². The molecule has 0 N–H and O–H groups in total. The highest BCUT2D eigenvalue weighted by Gasteiger charge is 2.31. The van der Waals surface area contributed by atoms with Crippen LogP contribution in [0.5, 0.6) is 5.75 Å². The first kappa shape index (κ1) is 12.4. The average Bonchev–Trinajstić information content (AvgIpc) is 2.16. The molecule has 0 saturated heterocycles. The molecule has 16 heavy (non-hydrogen) atoms. The summed E-state index contributed by atoms with van der Waals surface area (Å²) in [4.78, 5) is 4.52. The second kappa shape index (κ2) is 4.87. The zero-order valence-corrected chi connectivity index (χ0v) is 8.71. The molecule has 88 valence electrons. The Morgan fingerprint density at radius 1 is 1.31 bits per heavy atom. The predicted molar refractivity (Wildman–Crippen MR) is 52.3 cm³/mol. The molecule has 0 atom stereocenters. The second-order valence-corrected chi connectivity index (χ2v) is 2.93. The highest BCUT2D eigenvalue weighted by atomic mass is 19.4. The highest BCUT2D eigenvalue weighted by Crippen LogP contribution is 2.23. The number of ether oxygens (including phenoxy) is 1.